The van der Waals surface area contributed by atoms with E-state index in [4.69, 9.17) is 4.74 Å². The molecule has 0 radical (unpaired) electrons. The number of hydrogen-bond donors (Lipinski definition) is 1. The number of methoxy groups -OCH3 is 1. The van der Waals surface area contributed by atoms with Crippen LogP contribution in [0.4, 0.5) is 5.82 Å². The van der Waals surface area contributed by atoms with Crippen molar-refractivity contribution in [2.45, 2.75) is 26.7 Å². The summed E-state index contributed by atoms with van der Waals surface area (Å²) in [6.07, 6.45) is 13.1. The Labute approximate surface area is 188 Å². The number of aromatic nitrogens is 2. The molecule has 2 unspecified atom stereocenters. The molecule has 2 amide bonds. The van der Waals surface area contributed by atoms with Crippen molar-refractivity contribution in [3.63, 3.8) is 0 Å². The van der Waals surface area contributed by atoms with E-state index in [1.807, 2.05) is 29.3 Å². The highest BCUT2D eigenvalue weighted by atomic mass is 16.5. The number of fused-ring (bicyclic) bond motifs is 2. The summed E-state index contributed by atoms with van der Waals surface area (Å²) in [5.74, 6) is 2.29. The molecule has 2 aliphatic heterocycles. The van der Waals surface area contributed by atoms with Crippen molar-refractivity contribution in [2.24, 2.45) is 11.8 Å². The molecular formula is C25H28N4O3. The lowest BCUT2D eigenvalue weighted by Crippen LogP contribution is -2.27. The van der Waals surface area contributed by atoms with Gasteiger partial charge in [-0.25, -0.2) is 4.98 Å². The maximum Gasteiger partial charge on any atom is 0.246 e. The highest BCUT2D eigenvalue weighted by Crippen LogP contribution is 2.43. The van der Waals surface area contributed by atoms with Crippen LogP contribution >= 0.6 is 0 Å². The summed E-state index contributed by atoms with van der Waals surface area (Å²) in [4.78, 5) is 34.7. The molecule has 32 heavy (non-hydrogen) atoms. The van der Waals surface area contributed by atoms with Crippen molar-refractivity contribution < 1.29 is 14.3 Å². The molecule has 166 valence electrons. The number of anilines is 1. The van der Waals surface area contributed by atoms with Crippen LogP contribution in [0.5, 0.6) is 5.75 Å². The maximum absolute atomic E-state index is 12.7. The zero-order valence-corrected chi connectivity index (χ0v) is 17.4. The number of hydrogen-bond acceptors (Lipinski definition) is 5. The van der Waals surface area contributed by atoms with Crippen LogP contribution in [0.25, 0.3) is 11.6 Å². The number of carbonyl (C=O) groups is 2. The fraction of sp³-hybridized carbons (Fsp3) is 0.360. The smallest absolute Gasteiger partial charge is 0.246 e. The van der Waals surface area contributed by atoms with Crippen LogP contribution in [0.15, 0.2) is 42.9 Å². The number of ether oxygens (including phenoxy) is 1. The molecule has 3 aliphatic rings. The van der Waals surface area contributed by atoms with Gasteiger partial charge in [0.2, 0.25) is 11.8 Å². The number of pyridine rings is 2. The molecule has 4 heterocycles. The first-order valence-electron chi connectivity index (χ1n) is 10.6. The molecule has 1 saturated heterocycles. The normalized spacial score (nSPS) is 21.5. The van der Waals surface area contributed by atoms with Crippen LogP contribution < -0.4 is 10.1 Å². The molecule has 5 rings (SSSR count). The number of nitrogens with one attached hydrogen (secondary N) is 1. The van der Waals surface area contributed by atoms with Crippen LogP contribution in [0.1, 0.15) is 37.0 Å². The standard InChI is InChI=1S/C24H24N4O3.CH4/c1-31-21-6-7-25-12-20(21)17-9-18-13-28(14-19(18)10-17)23(30)5-2-15-8-16-3-4-22(29)27-24(16)26-11-15;/h2,5-9,11-12,18-19H,3-4,10,13-14H2,1H3,(H,26,27,29);1H4/b5-2+;. The fourth-order valence-electron chi connectivity index (χ4n) is 4.73. The van der Waals surface area contributed by atoms with E-state index < -0.39 is 0 Å². The van der Waals surface area contributed by atoms with E-state index in [2.05, 4.69) is 21.4 Å². The first-order valence-corrected chi connectivity index (χ1v) is 10.6. The van der Waals surface area contributed by atoms with Gasteiger partial charge in [-0.1, -0.05) is 13.5 Å². The lowest BCUT2D eigenvalue weighted by atomic mass is 9.98. The number of aryl methyl sites for hydroxylation is 1. The zero-order valence-electron chi connectivity index (χ0n) is 17.4. The minimum absolute atomic E-state index is 0. The van der Waals surface area contributed by atoms with Gasteiger partial charge in [0.15, 0.2) is 0 Å². The highest BCUT2D eigenvalue weighted by Gasteiger charge is 2.38. The number of carbonyl (C=O) groups excluding carboxylic acids is 2. The summed E-state index contributed by atoms with van der Waals surface area (Å²) < 4.78 is 5.47. The van der Waals surface area contributed by atoms with Crippen molar-refractivity contribution in [1.29, 1.82) is 0 Å². The van der Waals surface area contributed by atoms with Gasteiger partial charge < -0.3 is 15.0 Å². The van der Waals surface area contributed by atoms with E-state index in [0.717, 1.165) is 42.0 Å². The predicted octanol–water partition coefficient (Wildman–Crippen LogP) is 3.58. The summed E-state index contributed by atoms with van der Waals surface area (Å²) in [5.41, 5.74) is 4.19. The Morgan fingerprint density at radius 1 is 1.28 bits per heavy atom. The van der Waals surface area contributed by atoms with Gasteiger partial charge in [-0.05, 0) is 59.6 Å². The Kier molecular flexibility index (Phi) is 6.08. The molecule has 0 bridgehead atoms. The third kappa shape index (κ3) is 4.15. The Balaban J connectivity index is 0.00000245. The van der Waals surface area contributed by atoms with Crippen LogP contribution in [0.3, 0.4) is 0 Å². The van der Waals surface area contributed by atoms with E-state index in [-0.39, 0.29) is 19.2 Å². The van der Waals surface area contributed by atoms with Gasteiger partial charge in [0.1, 0.15) is 11.6 Å². The van der Waals surface area contributed by atoms with E-state index >= 15 is 0 Å². The summed E-state index contributed by atoms with van der Waals surface area (Å²) in [6, 6.07) is 3.87. The van der Waals surface area contributed by atoms with Crippen molar-refractivity contribution in [3.8, 4) is 5.75 Å². The lowest BCUT2D eigenvalue weighted by Gasteiger charge is -2.16. The number of allylic oxidation sites excluding steroid dienone is 1. The quantitative estimate of drug-likeness (QED) is 0.747. The van der Waals surface area contributed by atoms with E-state index in [1.165, 1.54) is 5.57 Å². The average Bonchev–Trinajstić information content (AvgIpc) is 3.37. The molecule has 2 atom stereocenters. The maximum atomic E-state index is 12.7. The van der Waals surface area contributed by atoms with Gasteiger partial charge in [0, 0.05) is 49.7 Å². The minimum atomic E-state index is -0.00256. The molecule has 1 aliphatic carbocycles. The molecule has 1 N–H and O–H groups in total. The van der Waals surface area contributed by atoms with Gasteiger partial charge in [0.05, 0.1) is 7.11 Å². The lowest BCUT2D eigenvalue weighted by molar-refractivity contribution is -0.125. The summed E-state index contributed by atoms with van der Waals surface area (Å²) in [6.45, 7) is 1.49. The van der Waals surface area contributed by atoms with Crippen molar-refractivity contribution in [2.75, 3.05) is 25.5 Å². The molecular weight excluding hydrogens is 404 g/mol. The monoisotopic (exact) mass is 432 g/mol. The van der Waals surface area contributed by atoms with Crippen LogP contribution in [-0.2, 0) is 16.0 Å². The second-order valence-electron chi connectivity index (χ2n) is 8.30. The third-order valence-corrected chi connectivity index (χ3v) is 6.33. The Hall–Kier alpha value is -3.48. The second-order valence-corrected chi connectivity index (χ2v) is 8.30. The highest BCUT2D eigenvalue weighted by molar-refractivity contribution is 5.94. The number of likely N-dealkylation sites (tertiary alicyclic amines) is 1. The summed E-state index contributed by atoms with van der Waals surface area (Å²) >= 11 is 0. The van der Waals surface area contributed by atoms with Crippen molar-refractivity contribution in [1.82, 2.24) is 14.9 Å². The zero-order chi connectivity index (χ0) is 21.4. The molecule has 0 aromatic carbocycles. The molecule has 0 saturated carbocycles. The average molecular weight is 433 g/mol. The first kappa shape index (κ1) is 21.7. The topological polar surface area (TPSA) is 84.4 Å². The number of rotatable bonds is 4. The van der Waals surface area contributed by atoms with Gasteiger partial charge in [-0.2, -0.15) is 0 Å². The van der Waals surface area contributed by atoms with E-state index in [1.54, 1.807) is 25.6 Å². The van der Waals surface area contributed by atoms with Gasteiger partial charge in [0.25, 0.3) is 0 Å². The molecule has 2 aromatic rings. The van der Waals surface area contributed by atoms with Gasteiger partial charge >= 0.3 is 0 Å². The summed E-state index contributed by atoms with van der Waals surface area (Å²) in [7, 11) is 1.68. The molecule has 0 spiro atoms. The predicted molar refractivity (Wildman–Crippen MR) is 124 cm³/mol. The van der Waals surface area contributed by atoms with Crippen LogP contribution in [0, 0.1) is 11.8 Å². The Morgan fingerprint density at radius 2 is 2.16 bits per heavy atom. The number of amides is 2. The summed E-state index contributed by atoms with van der Waals surface area (Å²) in [5, 5.41) is 2.78. The third-order valence-electron chi connectivity index (χ3n) is 6.33. The van der Waals surface area contributed by atoms with E-state index in [0.29, 0.717) is 30.5 Å². The van der Waals surface area contributed by atoms with Gasteiger partial charge in [-0.15, -0.1) is 0 Å². The van der Waals surface area contributed by atoms with Gasteiger partial charge in [-0.3, -0.25) is 14.6 Å². The molecule has 2 aromatic heterocycles. The van der Waals surface area contributed by atoms with E-state index in [9.17, 15) is 9.59 Å². The second kappa shape index (κ2) is 8.94. The molecule has 7 heteroatoms. The molecule has 1 fully saturated rings. The van der Waals surface area contributed by atoms with Crippen LogP contribution in [0.2, 0.25) is 0 Å². The number of nitrogens with zero attached hydrogens (tertiary/aromatic N) is 3. The first-order chi connectivity index (χ1) is 15.1. The fourth-order valence-corrected chi connectivity index (χ4v) is 4.73. The largest absolute Gasteiger partial charge is 0.496 e. The Morgan fingerprint density at radius 3 is 2.97 bits per heavy atom. The van der Waals surface area contributed by atoms with Crippen LogP contribution in [-0.4, -0.2) is 46.9 Å². The SMILES string of the molecule is C.COc1ccncc1C1=CC2CN(C(=O)/C=C/c3cnc4c(c3)CCC(=O)N4)CC2C1. The van der Waals surface area contributed by atoms with Crippen molar-refractivity contribution >= 4 is 29.3 Å². The Bertz CT molecular complexity index is 1110. The van der Waals surface area contributed by atoms with Crippen molar-refractivity contribution in [3.05, 3.63) is 59.6 Å². The molecule has 7 nitrogen and oxygen atoms in total. The minimum Gasteiger partial charge on any atom is -0.496 e.